The lowest BCUT2D eigenvalue weighted by Crippen LogP contribution is -2.14. The van der Waals surface area contributed by atoms with E-state index in [0.717, 1.165) is 12.1 Å². The standard InChI is InChI=1S/C19H21F2N3O3/c1-12-10-22-24(11-14-3-4-14)18(12)23-17(25)8-6-13-5-7-15(27-19(20)21)16(9-13)26-2/h5-10,14,19H,3-4,11H2,1-2H3,(H,23,25)/b8-6+. The number of aryl methyl sites for hydroxylation is 1. The molecule has 0 atom stereocenters. The smallest absolute Gasteiger partial charge is 0.387 e. The van der Waals surface area contributed by atoms with Crippen LogP contribution in [-0.2, 0) is 11.3 Å². The van der Waals surface area contributed by atoms with Crippen molar-refractivity contribution in [2.45, 2.75) is 32.9 Å². The zero-order valence-corrected chi connectivity index (χ0v) is 15.1. The van der Waals surface area contributed by atoms with Crippen LogP contribution >= 0.6 is 0 Å². The van der Waals surface area contributed by atoms with Crippen LogP contribution in [0.2, 0.25) is 0 Å². The zero-order valence-electron chi connectivity index (χ0n) is 15.1. The highest BCUT2D eigenvalue weighted by Gasteiger charge is 2.23. The lowest BCUT2D eigenvalue weighted by Gasteiger charge is -2.10. The van der Waals surface area contributed by atoms with Gasteiger partial charge >= 0.3 is 6.61 Å². The number of aromatic nitrogens is 2. The van der Waals surface area contributed by atoms with Crippen LogP contribution < -0.4 is 14.8 Å². The molecule has 0 spiro atoms. The van der Waals surface area contributed by atoms with Crippen LogP contribution in [0.1, 0.15) is 24.0 Å². The number of rotatable bonds is 8. The van der Waals surface area contributed by atoms with Crippen molar-refractivity contribution in [2.24, 2.45) is 5.92 Å². The Bertz CT molecular complexity index is 845. The van der Waals surface area contributed by atoms with Gasteiger partial charge in [0.15, 0.2) is 11.5 Å². The summed E-state index contributed by atoms with van der Waals surface area (Å²) < 4.78 is 36.0. The van der Waals surface area contributed by atoms with Gasteiger partial charge in [0.1, 0.15) is 5.82 Å². The largest absolute Gasteiger partial charge is 0.493 e. The molecule has 3 rings (SSSR count). The van der Waals surface area contributed by atoms with E-state index in [4.69, 9.17) is 4.74 Å². The van der Waals surface area contributed by atoms with E-state index in [2.05, 4.69) is 15.2 Å². The summed E-state index contributed by atoms with van der Waals surface area (Å²) in [5, 5.41) is 7.16. The molecule has 1 N–H and O–H groups in total. The first-order chi connectivity index (χ1) is 13.0. The van der Waals surface area contributed by atoms with E-state index in [-0.39, 0.29) is 17.4 Å². The number of carbonyl (C=O) groups excluding carboxylic acids is 1. The Balaban J connectivity index is 1.67. The van der Waals surface area contributed by atoms with Crippen LogP contribution in [0.4, 0.5) is 14.6 Å². The van der Waals surface area contributed by atoms with E-state index in [0.29, 0.717) is 17.3 Å². The maximum Gasteiger partial charge on any atom is 0.387 e. The molecule has 1 saturated carbocycles. The fourth-order valence-corrected chi connectivity index (χ4v) is 2.64. The second-order valence-corrected chi connectivity index (χ2v) is 6.41. The molecule has 1 fully saturated rings. The van der Waals surface area contributed by atoms with E-state index in [1.165, 1.54) is 38.2 Å². The van der Waals surface area contributed by atoms with Crippen molar-refractivity contribution in [1.82, 2.24) is 9.78 Å². The first-order valence-electron chi connectivity index (χ1n) is 8.60. The molecule has 27 heavy (non-hydrogen) atoms. The van der Waals surface area contributed by atoms with Crippen LogP contribution in [0.5, 0.6) is 11.5 Å². The third kappa shape index (κ3) is 5.06. The van der Waals surface area contributed by atoms with Crippen LogP contribution in [0, 0.1) is 12.8 Å². The van der Waals surface area contributed by atoms with Gasteiger partial charge in [-0.15, -0.1) is 0 Å². The van der Waals surface area contributed by atoms with E-state index in [9.17, 15) is 13.6 Å². The molecule has 0 radical (unpaired) electrons. The number of methoxy groups -OCH3 is 1. The molecular weight excluding hydrogens is 356 g/mol. The molecule has 2 aromatic rings. The van der Waals surface area contributed by atoms with E-state index in [1.54, 1.807) is 18.3 Å². The number of ether oxygens (including phenoxy) is 2. The van der Waals surface area contributed by atoms with Crippen molar-refractivity contribution < 1.29 is 23.0 Å². The molecule has 1 aliphatic carbocycles. The molecule has 1 aromatic heterocycles. The minimum Gasteiger partial charge on any atom is -0.493 e. The van der Waals surface area contributed by atoms with Crippen molar-refractivity contribution in [2.75, 3.05) is 12.4 Å². The van der Waals surface area contributed by atoms with Gasteiger partial charge in [0.25, 0.3) is 0 Å². The highest BCUT2D eigenvalue weighted by Crippen LogP contribution is 2.32. The number of hydrogen-bond donors (Lipinski definition) is 1. The Labute approximate surface area is 155 Å². The van der Waals surface area contributed by atoms with Gasteiger partial charge in [-0.1, -0.05) is 6.07 Å². The van der Waals surface area contributed by atoms with Gasteiger partial charge in [-0.05, 0) is 49.5 Å². The number of benzene rings is 1. The summed E-state index contributed by atoms with van der Waals surface area (Å²) in [6.07, 6.45) is 7.06. The molecule has 1 aromatic carbocycles. The quantitative estimate of drug-likeness (QED) is 0.710. The summed E-state index contributed by atoms with van der Waals surface area (Å²) in [6, 6.07) is 4.45. The first kappa shape index (κ1) is 18.9. The van der Waals surface area contributed by atoms with Crippen molar-refractivity contribution in [1.29, 1.82) is 0 Å². The topological polar surface area (TPSA) is 65.4 Å². The van der Waals surface area contributed by atoms with E-state index >= 15 is 0 Å². The summed E-state index contributed by atoms with van der Waals surface area (Å²) in [5.74, 6) is 1.12. The van der Waals surface area contributed by atoms with Gasteiger partial charge in [-0.3, -0.25) is 4.79 Å². The van der Waals surface area contributed by atoms with Gasteiger partial charge < -0.3 is 14.8 Å². The van der Waals surface area contributed by atoms with Crippen molar-refractivity contribution in [3.05, 3.63) is 41.6 Å². The van der Waals surface area contributed by atoms with Gasteiger partial charge in [0.05, 0.1) is 13.3 Å². The minimum absolute atomic E-state index is 0.0614. The van der Waals surface area contributed by atoms with Gasteiger partial charge in [-0.2, -0.15) is 13.9 Å². The monoisotopic (exact) mass is 377 g/mol. The second kappa shape index (κ2) is 8.20. The number of amides is 1. The molecule has 0 saturated heterocycles. The Morgan fingerprint density at radius 2 is 2.19 bits per heavy atom. The zero-order chi connectivity index (χ0) is 19.4. The molecule has 8 heteroatoms. The molecule has 0 aliphatic heterocycles. The van der Waals surface area contributed by atoms with Crippen molar-refractivity contribution >= 4 is 17.8 Å². The summed E-state index contributed by atoms with van der Waals surface area (Å²) in [4.78, 5) is 12.3. The number of nitrogens with one attached hydrogen (secondary N) is 1. The number of carbonyl (C=O) groups is 1. The highest BCUT2D eigenvalue weighted by molar-refractivity contribution is 6.01. The average Bonchev–Trinajstić information content (AvgIpc) is 3.39. The minimum atomic E-state index is -2.94. The maximum absolute atomic E-state index is 12.4. The van der Waals surface area contributed by atoms with Crippen molar-refractivity contribution in [3.63, 3.8) is 0 Å². The molecule has 144 valence electrons. The Morgan fingerprint density at radius 3 is 2.85 bits per heavy atom. The first-order valence-corrected chi connectivity index (χ1v) is 8.60. The molecule has 1 heterocycles. The predicted molar refractivity (Wildman–Crippen MR) is 97.0 cm³/mol. The molecule has 6 nitrogen and oxygen atoms in total. The van der Waals surface area contributed by atoms with E-state index < -0.39 is 6.61 Å². The van der Waals surface area contributed by atoms with Crippen LogP contribution in [0.3, 0.4) is 0 Å². The summed E-state index contributed by atoms with van der Waals surface area (Å²) in [7, 11) is 1.36. The number of anilines is 1. The average molecular weight is 377 g/mol. The summed E-state index contributed by atoms with van der Waals surface area (Å²) >= 11 is 0. The third-order valence-corrected chi connectivity index (χ3v) is 4.22. The molecule has 0 unspecified atom stereocenters. The fraction of sp³-hybridized carbons (Fsp3) is 0.368. The lowest BCUT2D eigenvalue weighted by atomic mass is 10.2. The Hall–Kier alpha value is -2.90. The van der Waals surface area contributed by atoms with Crippen LogP contribution in [0.25, 0.3) is 6.08 Å². The maximum atomic E-state index is 12.4. The van der Waals surface area contributed by atoms with Gasteiger partial charge in [0, 0.05) is 18.2 Å². The molecule has 1 aliphatic rings. The summed E-state index contributed by atoms with van der Waals surface area (Å²) in [6.45, 7) is -0.243. The summed E-state index contributed by atoms with van der Waals surface area (Å²) in [5.41, 5.74) is 1.51. The second-order valence-electron chi connectivity index (χ2n) is 6.41. The molecular formula is C19H21F2N3O3. The number of halogens is 2. The van der Waals surface area contributed by atoms with Crippen molar-refractivity contribution in [3.8, 4) is 11.5 Å². The Morgan fingerprint density at radius 1 is 1.41 bits per heavy atom. The van der Waals surface area contributed by atoms with Gasteiger partial charge in [-0.25, -0.2) is 4.68 Å². The number of hydrogen-bond acceptors (Lipinski definition) is 4. The number of alkyl halides is 2. The fourth-order valence-electron chi connectivity index (χ4n) is 2.64. The van der Waals surface area contributed by atoms with E-state index in [1.807, 2.05) is 11.6 Å². The van der Waals surface area contributed by atoms with Gasteiger partial charge in [0.2, 0.25) is 5.91 Å². The number of nitrogens with zero attached hydrogens (tertiary/aromatic N) is 2. The SMILES string of the molecule is COc1cc(/C=C/C(=O)Nc2c(C)cnn2CC2CC2)ccc1OC(F)F. The molecule has 0 bridgehead atoms. The lowest BCUT2D eigenvalue weighted by molar-refractivity contribution is -0.111. The third-order valence-electron chi connectivity index (χ3n) is 4.22. The van der Waals surface area contributed by atoms with Crippen LogP contribution in [0.15, 0.2) is 30.5 Å². The predicted octanol–water partition coefficient (Wildman–Crippen LogP) is 3.86. The Kier molecular flexibility index (Phi) is 5.73. The van der Waals surface area contributed by atoms with Crippen LogP contribution in [-0.4, -0.2) is 29.4 Å². The normalized spacial score (nSPS) is 14.0. The molecule has 1 amide bonds. The highest BCUT2D eigenvalue weighted by atomic mass is 19.3.